The lowest BCUT2D eigenvalue weighted by Crippen LogP contribution is -2.13. The fraction of sp³-hybridized carbons (Fsp3) is 0.167. The van der Waals surface area contributed by atoms with Gasteiger partial charge in [0.1, 0.15) is 0 Å². The molecule has 0 fully saturated rings. The smallest absolute Gasteiger partial charge is 0.198 e. The maximum Gasteiger partial charge on any atom is 0.198 e. The molecule has 0 aliphatic heterocycles. The Morgan fingerprint density at radius 3 is 2.71 bits per heavy atom. The first-order valence-electron chi connectivity index (χ1n) is 4.96. The number of benzene rings is 1. The van der Waals surface area contributed by atoms with Crippen molar-refractivity contribution in [1.29, 1.82) is 0 Å². The van der Waals surface area contributed by atoms with Crippen LogP contribution < -0.4 is 10.5 Å². The molecule has 0 saturated carbocycles. The molecule has 0 saturated heterocycles. The number of nitrogens with two attached hydrogens (primary N) is 1. The van der Waals surface area contributed by atoms with Crippen molar-refractivity contribution in [2.24, 2.45) is 5.73 Å². The molecule has 90 valence electrons. The Morgan fingerprint density at radius 1 is 1.35 bits per heavy atom. The lowest BCUT2D eigenvalue weighted by molar-refractivity contribution is 0.383. The molecule has 0 amide bonds. The van der Waals surface area contributed by atoms with Gasteiger partial charge in [-0.1, -0.05) is 12.1 Å². The maximum atomic E-state index is 14.0. The van der Waals surface area contributed by atoms with Crippen molar-refractivity contribution in [2.45, 2.75) is 6.04 Å². The molecule has 0 spiro atoms. The Bertz CT molecular complexity index is 527. The second-order valence-electron chi connectivity index (χ2n) is 3.49. The van der Waals surface area contributed by atoms with Gasteiger partial charge in [0.05, 0.1) is 19.4 Å². The van der Waals surface area contributed by atoms with Crippen LogP contribution in [0, 0.1) is 5.82 Å². The maximum absolute atomic E-state index is 14.0. The van der Waals surface area contributed by atoms with Gasteiger partial charge in [-0.2, -0.15) is 0 Å². The third kappa shape index (κ3) is 2.14. The molecule has 2 N–H and O–H groups in total. The van der Waals surface area contributed by atoms with Crippen LogP contribution in [-0.2, 0) is 0 Å². The Hall–Kier alpha value is -1.52. The van der Waals surface area contributed by atoms with Crippen LogP contribution in [0.5, 0.6) is 5.75 Å². The average molecular weight is 256 g/mol. The van der Waals surface area contributed by atoms with Crippen molar-refractivity contribution < 1.29 is 13.5 Å². The van der Waals surface area contributed by atoms with Gasteiger partial charge in [0, 0.05) is 11.1 Å². The van der Waals surface area contributed by atoms with Crippen molar-refractivity contribution >= 4 is 11.6 Å². The van der Waals surface area contributed by atoms with Gasteiger partial charge in [-0.3, -0.25) is 0 Å². The van der Waals surface area contributed by atoms with Crippen molar-refractivity contribution in [2.75, 3.05) is 7.11 Å². The third-order valence-electron chi connectivity index (χ3n) is 2.53. The largest absolute Gasteiger partial charge is 0.494 e. The summed E-state index contributed by atoms with van der Waals surface area (Å²) < 4.78 is 23.8. The molecule has 0 radical (unpaired) electrons. The minimum atomic E-state index is -0.684. The average Bonchev–Trinajstić information content (AvgIpc) is 2.75. The minimum Gasteiger partial charge on any atom is -0.494 e. The van der Waals surface area contributed by atoms with Gasteiger partial charge < -0.3 is 14.9 Å². The highest BCUT2D eigenvalue weighted by molar-refractivity contribution is 6.29. The molecular formula is C12H11ClFNO2. The summed E-state index contributed by atoms with van der Waals surface area (Å²) in [5.74, 6) is -0.336. The second kappa shape index (κ2) is 4.77. The van der Waals surface area contributed by atoms with E-state index in [0.29, 0.717) is 11.1 Å². The summed E-state index contributed by atoms with van der Waals surface area (Å²) in [5.41, 5.74) is 6.80. The van der Waals surface area contributed by atoms with Gasteiger partial charge >= 0.3 is 0 Å². The molecule has 1 unspecified atom stereocenters. The standard InChI is InChI=1S/C12H11ClFNO2/c1-16-9-4-2-3-7(10(9)14)11(15)8-5-6-17-12(8)13/h2-6,11H,15H2,1H3. The molecule has 0 aliphatic rings. The fourth-order valence-electron chi connectivity index (χ4n) is 1.62. The monoisotopic (exact) mass is 255 g/mol. The van der Waals surface area contributed by atoms with E-state index in [1.165, 1.54) is 19.4 Å². The Morgan fingerprint density at radius 2 is 2.12 bits per heavy atom. The van der Waals surface area contributed by atoms with Gasteiger partial charge in [-0.25, -0.2) is 4.39 Å². The third-order valence-corrected chi connectivity index (χ3v) is 2.84. The van der Waals surface area contributed by atoms with Crippen LogP contribution in [0.2, 0.25) is 5.22 Å². The summed E-state index contributed by atoms with van der Waals surface area (Å²) in [6.45, 7) is 0. The molecule has 0 aliphatic carbocycles. The number of ether oxygens (including phenoxy) is 1. The van der Waals surface area contributed by atoms with E-state index in [4.69, 9.17) is 26.5 Å². The normalized spacial score (nSPS) is 12.5. The van der Waals surface area contributed by atoms with Gasteiger partial charge in [0.15, 0.2) is 16.8 Å². The first kappa shape index (κ1) is 12.0. The first-order valence-corrected chi connectivity index (χ1v) is 5.33. The summed E-state index contributed by atoms with van der Waals surface area (Å²) >= 11 is 5.81. The Kier molecular flexibility index (Phi) is 3.36. The molecule has 17 heavy (non-hydrogen) atoms. The summed E-state index contributed by atoms with van der Waals surface area (Å²) in [7, 11) is 1.40. The highest BCUT2D eigenvalue weighted by atomic mass is 35.5. The lowest BCUT2D eigenvalue weighted by Gasteiger charge is -2.13. The molecule has 2 aromatic rings. The predicted molar refractivity (Wildman–Crippen MR) is 62.7 cm³/mol. The Labute approximate surface area is 103 Å². The minimum absolute atomic E-state index is 0.151. The van der Waals surface area contributed by atoms with Gasteiger partial charge in [0.2, 0.25) is 0 Å². The molecular weight excluding hydrogens is 245 g/mol. The van der Waals surface area contributed by atoms with E-state index in [0.717, 1.165) is 0 Å². The van der Waals surface area contributed by atoms with Crippen molar-refractivity contribution in [3.8, 4) is 5.75 Å². The molecule has 1 atom stereocenters. The van der Waals surface area contributed by atoms with E-state index < -0.39 is 11.9 Å². The highest BCUT2D eigenvalue weighted by Gasteiger charge is 2.20. The number of hydrogen-bond acceptors (Lipinski definition) is 3. The number of rotatable bonds is 3. The fourth-order valence-corrected chi connectivity index (χ4v) is 1.85. The zero-order chi connectivity index (χ0) is 12.4. The molecule has 0 bridgehead atoms. The van der Waals surface area contributed by atoms with E-state index >= 15 is 0 Å². The lowest BCUT2D eigenvalue weighted by atomic mass is 10.0. The molecule has 1 aromatic heterocycles. The zero-order valence-electron chi connectivity index (χ0n) is 9.11. The summed E-state index contributed by atoms with van der Waals surface area (Å²) in [6, 6.07) is 5.72. The SMILES string of the molecule is COc1cccc(C(N)c2ccoc2Cl)c1F. The predicted octanol–water partition coefficient (Wildman–Crippen LogP) is 3.13. The quantitative estimate of drug-likeness (QED) is 0.917. The van der Waals surface area contributed by atoms with Crippen LogP contribution in [0.25, 0.3) is 0 Å². The molecule has 1 aromatic carbocycles. The van der Waals surface area contributed by atoms with Crippen molar-refractivity contribution in [3.63, 3.8) is 0 Å². The van der Waals surface area contributed by atoms with Crippen LogP contribution in [0.4, 0.5) is 4.39 Å². The summed E-state index contributed by atoms with van der Waals surface area (Å²) in [6.07, 6.45) is 1.41. The first-order chi connectivity index (χ1) is 8.15. The number of hydrogen-bond donors (Lipinski definition) is 1. The molecule has 3 nitrogen and oxygen atoms in total. The van der Waals surface area contributed by atoms with Gasteiger partial charge in [-0.15, -0.1) is 0 Å². The van der Waals surface area contributed by atoms with Crippen LogP contribution in [0.15, 0.2) is 34.9 Å². The topological polar surface area (TPSA) is 48.4 Å². The van der Waals surface area contributed by atoms with E-state index in [2.05, 4.69) is 0 Å². The van der Waals surface area contributed by atoms with Crippen LogP contribution in [0.3, 0.4) is 0 Å². The van der Waals surface area contributed by atoms with Crippen LogP contribution >= 0.6 is 11.6 Å². The van der Waals surface area contributed by atoms with Crippen molar-refractivity contribution in [3.05, 3.63) is 52.7 Å². The van der Waals surface area contributed by atoms with E-state index in [1.54, 1.807) is 18.2 Å². The van der Waals surface area contributed by atoms with Gasteiger partial charge in [-0.05, 0) is 23.7 Å². The van der Waals surface area contributed by atoms with Crippen molar-refractivity contribution in [1.82, 2.24) is 0 Å². The number of methoxy groups -OCH3 is 1. The number of halogens is 2. The summed E-state index contributed by atoms with van der Waals surface area (Å²) in [4.78, 5) is 0. The van der Waals surface area contributed by atoms with Gasteiger partial charge in [0.25, 0.3) is 0 Å². The number of furan rings is 1. The Balaban J connectivity index is 2.44. The van der Waals surface area contributed by atoms with E-state index in [1.807, 2.05) is 0 Å². The zero-order valence-corrected chi connectivity index (χ0v) is 9.87. The summed E-state index contributed by atoms with van der Waals surface area (Å²) in [5, 5.41) is 0.166. The molecule has 5 heteroatoms. The van der Waals surface area contributed by atoms with Crippen LogP contribution in [0.1, 0.15) is 17.2 Å². The van der Waals surface area contributed by atoms with E-state index in [-0.39, 0.29) is 11.0 Å². The molecule has 2 rings (SSSR count). The van der Waals surface area contributed by atoms with Crippen LogP contribution in [-0.4, -0.2) is 7.11 Å². The highest BCUT2D eigenvalue weighted by Crippen LogP contribution is 2.31. The van der Waals surface area contributed by atoms with E-state index in [9.17, 15) is 4.39 Å². The molecule has 1 heterocycles. The second-order valence-corrected chi connectivity index (χ2v) is 3.83.